The lowest BCUT2D eigenvalue weighted by atomic mass is 9.96. The third-order valence-corrected chi connectivity index (χ3v) is 1.98. The summed E-state index contributed by atoms with van der Waals surface area (Å²) in [5.41, 5.74) is 5.15. The number of aliphatic hydroxyl groups is 1. The Labute approximate surface area is 73.3 Å². The number of alkyl halides is 1. The lowest BCUT2D eigenvalue weighted by molar-refractivity contribution is -0.119. The molecule has 0 saturated carbocycles. The highest BCUT2D eigenvalue weighted by atomic mass is 35.5. The fourth-order valence-corrected chi connectivity index (χ4v) is 1.09. The average molecular weight is 192 g/mol. The van der Waals surface area contributed by atoms with E-state index in [1.165, 1.54) is 0 Å². The van der Waals surface area contributed by atoms with Crippen molar-refractivity contribution in [3.05, 3.63) is 23.7 Å². The molecule has 1 unspecified atom stereocenters. The second-order valence-corrected chi connectivity index (χ2v) is 3.13. The molecule has 3 nitrogen and oxygen atoms in total. The maximum Gasteiger partial charge on any atom is 0.223 e. The molecule has 1 aliphatic carbocycles. The molecule has 0 fully saturated rings. The number of halogens is 2. The molecule has 0 aromatic rings. The molecular weight excluding hydrogens is 185 g/mol. The molecular formula is C7H7ClFNO2. The molecule has 1 rings (SSSR count). The standard InChI is InChI=1S/C7H7ClFNO2/c8-7(3-10)2-4(9)1-5(11)6(7)12/h1-2,11H,3,10H2. The van der Waals surface area contributed by atoms with E-state index in [1.54, 1.807) is 0 Å². The van der Waals surface area contributed by atoms with Gasteiger partial charge >= 0.3 is 0 Å². The predicted octanol–water partition coefficient (Wildman–Crippen LogP) is 0.801. The van der Waals surface area contributed by atoms with Gasteiger partial charge in [-0.2, -0.15) is 0 Å². The van der Waals surface area contributed by atoms with Gasteiger partial charge in [-0.3, -0.25) is 4.79 Å². The SMILES string of the molecule is NCC1(Cl)C=C(F)C=C(O)C1=O. The van der Waals surface area contributed by atoms with Gasteiger partial charge in [0.25, 0.3) is 0 Å². The Kier molecular flexibility index (Phi) is 2.21. The van der Waals surface area contributed by atoms with Crippen LogP contribution in [0.5, 0.6) is 0 Å². The Balaban J connectivity index is 3.10. The minimum Gasteiger partial charge on any atom is -0.504 e. The highest BCUT2D eigenvalue weighted by molar-refractivity contribution is 6.39. The average Bonchev–Trinajstić information content (AvgIpc) is 2.00. The van der Waals surface area contributed by atoms with Gasteiger partial charge in [0, 0.05) is 12.6 Å². The van der Waals surface area contributed by atoms with E-state index >= 15 is 0 Å². The molecule has 0 radical (unpaired) electrons. The second kappa shape index (κ2) is 2.88. The van der Waals surface area contributed by atoms with Crippen molar-refractivity contribution in [1.82, 2.24) is 0 Å². The summed E-state index contributed by atoms with van der Waals surface area (Å²) in [6, 6.07) is 0. The van der Waals surface area contributed by atoms with Gasteiger partial charge < -0.3 is 10.8 Å². The summed E-state index contributed by atoms with van der Waals surface area (Å²) in [6.45, 7) is -0.251. The van der Waals surface area contributed by atoms with Gasteiger partial charge in [0.1, 0.15) is 10.7 Å². The molecule has 5 heteroatoms. The molecule has 0 bridgehead atoms. The summed E-state index contributed by atoms with van der Waals surface area (Å²) < 4.78 is 12.6. The van der Waals surface area contributed by atoms with Crippen molar-refractivity contribution < 1.29 is 14.3 Å². The third-order valence-electron chi connectivity index (χ3n) is 1.55. The van der Waals surface area contributed by atoms with E-state index < -0.39 is 22.2 Å². The fraction of sp³-hybridized carbons (Fsp3) is 0.286. The number of allylic oxidation sites excluding steroid dienone is 3. The molecule has 0 heterocycles. The van der Waals surface area contributed by atoms with Crippen LogP contribution in [-0.2, 0) is 4.79 Å². The molecule has 0 saturated heterocycles. The Morgan fingerprint density at radius 2 is 2.33 bits per heavy atom. The molecule has 0 spiro atoms. The second-order valence-electron chi connectivity index (χ2n) is 2.45. The lowest BCUT2D eigenvalue weighted by Crippen LogP contribution is -2.41. The molecule has 3 N–H and O–H groups in total. The maximum absolute atomic E-state index is 12.6. The highest BCUT2D eigenvalue weighted by Gasteiger charge is 2.38. The smallest absolute Gasteiger partial charge is 0.223 e. The van der Waals surface area contributed by atoms with Crippen molar-refractivity contribution >= 4 is 17.4 Å². The predicted molar refractivity (Wildman–Crippen MR) is 42.5 cm³/mol. The summed E-state index contributed by atoms with van der Waals surface area (Å²) in [7, 11) is 0. The summed E-state index contributed by atoms with van der Waals surface area (Å²) in [5, 5.41) is 8.91. The Morgan fingerprint density at radius 3 is 2.83 bits per heavy atom. The highest BCUT2D eigenvalue weighted by Crippen LogP contribution is 2.27. The Morgan fingerprint density at radius 1 is 1.75 bits per heavy atom. The normalized spacial score (nSPS) is 29.8. The minimum atomic E-state index is -1.62. The van der Waals surface area contributed by atoms with Crippen molar-refractivity contribution in [2.45, 2.75) is 4.87 Å². The topological polar surface area (TPSA) is 63.3 Å². The van der Waals surface area contributed by atoms with Gasteiger partial charge in [-0.15, -0.1) is 11.6 Å². The van der Waals surface area contributed by atoms with Crippen molar-refractivity contribution in [2.75, 3.05) is 6.54 Å². The zero-order valence-corrected chi connectivity index (χ0v) is 6.81. The van der Waals surface area contributed by atoms with Crippen molar-refractivity contribution in [3.8, 4) is 0 Å². The van der Waals surface area contributed by atoms with E-state index in [4.69, 9.17) is 22.4 Å². The number of aliphatic hydroxyl groups excluding tert-OH is 1. The largest absolute Gasteiger partial charge is 0.504 e. The quantitative estimate of drug-likeness (QED) is 0.603. The first-order valence-corrected chi connectivity index (χ1v) is 3.60. The fourth-order valence-electron chi connectivity index (χ4n) is 0.886. The maximum atomic E-state index is 12.6. The number of carbonyl (C=O) groups is 1. The summed E-state index contributed by atoms with van der Waals surface area (Å²) >= 11 is 5.61. The van der Waals surface area contributed by atoms with Gasteiger partial charge in [0.05, 0.1) is 0 Å². The van der Waals surface area contributed by atoms with Crippen LogP contribution in [0.3, 0.4) is 0 Å². The summed E-state index contributed by atoms with van der Waals surface area (Å²) in [5.74, 6) is -2.23. The first kappa shape index (κ1) is 9.22. The molecule has 0 aliphatic heterocycles. The van der Waals surface area contributed by atoms with Crippen LogP contribution in [0.25, 0.3) is 0 Å². The molecule has 0 aromatic heterocycles. The zero-order valence-electron chi connectivity index (χ0n) is 6.05. The lowest BCUT2D eigenvalue weighted by Gasteiger charge is -2.21. The van der Waals surface area contributed by atoms with E-state index in [1.807, 2.05) is 0 Å². The minimum absolute atomic E-state index is 0.251. The number of hydrogen-bond acceptors (Lipinski definition) is 3. The van der Waals surface area contributed by atoms with Crippen molar-refractivity contribution in [1.29, 1.82) is 0 Å². The van der Waals surface area contributed by atoms with Crippen LogP contribution in [-0.4, -0.2) is 22.3 Å². The first-order chi connectivity index (χ1) is 5.49. The van der Waals surface area contributed by atoms with Crippen LogP contribution >= 0.6 is 11.6 Å². The van der Waals surface area contributed by atoms with Crippen molar-refractivity contribution in [2.24, 2.45) is 5.73 Å². The zero-order chi connectivity index (χ0) is 9.35. The number of carbonyl (C=O) groups excluding carboxylic acids is 1. The van der Waals surface area contributed by atoms with Crippen LogP contribution in [0.4, 0.5) is 4.39 Å². The molecule has 12 heavy (non-hydrogen) atoms. The molecule has 0 amide bonds. The van der Waals surface area contributed by atoms with Crippen LogP contribution in [0.1, 0.15) is 0 Å². The summed E-state index contributed by atoms with van der Waals surface area (Å²) in [4.78, 5) is 9.46. The van der Waals surface area contributed by atoms with E-state index in [0.29, 0.717) is 6.08 Å². The number of Topliss-reactive ketones (excluding diaryl/α,β-unsaturated/α-hetero) is 1. The van der Waals surface area contributed by atoms with E-state index in [0.717, 1.165) is 6.08 Å². The van der Waals surface area contributed by atoms with Crippen LogP contribution in [0.15, 0.2) is 23.7 Å². The monoisotopic (exact) mass is 191 g/mol. The van der Waals surface area contributed by atoms with Crippen molar-refractivity contribution in [3.63, 3.8) is 0 Å². The number of rotatable bonds is 1. The van der Waals surface area contributed by atoms with Gasteiger partial charge in [-0.25, -0.2) is 4.39 Å². The van der Waals surface area contributed by atoms with Crippen LogP contribution < -0.4 is 5.73 Å². The van der Waals surface area contributed by atoms with Gasteiger partial charge in [-0.05, 0) is 6.08 Å². The van der Waals surface area contributed by atoms with E-state index in [2.05, 4.69) is 0 Å². The Bertz CT molecular complexity index is 287. The molecule has 0 aromatic carbocycles. The number of ketones is 1. The molecule has 1 aliphatic rings. The van der Waals surface area contributed by atoms with Gasteiger partial charge in [-0.1, -0.05) is 0 Å². The number of nitrogens with two attached hydrogens (primary N) is 1. The van der Waals surface area contributed by atoms with Gasteiger partial charge in [0.15, 0.2) is 5.76 Å². The molecule has 66 valence electrons. The molecule has 1 atom stereocenters. The van der Waals surface area contributed by atoms with Gasteiger partial charge in [0.2, 0.25) is 5.78 Å². The van der Waals surface area contributed by atoms with Crippen LogP contribution in [0.2, 0.25) is 0 Å². The number of hydrogen-bond donors (Lipinski definition) is 2. The van der Waals surface area contributed by atoms with E-state index in [9.17, 15) is 9.18 Å². The third kappa shape index (κ3) is 1.35. The summed E-state index contributed by atoms with van der Waals surface area (Å²) in [6.07, 6.45) is 1.59. The van der Waals surface area contributed by atoms with Crippen LogP contribution in [0, 0.1) is 0 Å². The first-order valence-electron chi connectivity index (χ1n) is 3.22. The van der Waals surface area contributed by atoms with E-state index in [-0.39, 0.29) is 6.54 Å². The Hall–Kier alpha value is -0.870.